The molecule has 0 aliphatic carbocycles. The molecule has 1 N–H and O–H groups in total. The van der Waals surface area contributed by atoms with Crippen LogP contribution < -0.4 is 9.05 Å². The zero-order chi connectivity index (χ0) is 12.1. The van der Waals surface area contributed by atoms with Gasteiger partial charge in [-0.05, 0) is 24.3 Å². The first kappa shape index (κ1) is 15.1. The SMILES string of the molecule is O=P(O)(Oc1ccccc1)Oc1ccccc1.[H-].[H-].[Mg+2]. The van der Waals surface area contributed by atoms with Gasteiger partial charge < -0.3 is 11.9 Å². The van der Waals surface area contributed by atoms with Crippen molar-refractivity contribution in [3.8, 4) is 11.5 Å². The van der Waals surface area contributed by atoms with Crippen LogP contribution >= 0.6 is 7.82 Å². The molecule has 0 unspecified atom stereocenters. The van der Waals surface area contributed by atoms with Crippen molar-refractivity contribution in [1.82, 2.24) is 0 Å². The summed E-state index contributed by atoms with van der Waals surface area (Å²) in [6.45, 7) is 0. The van der Waals surface area contributed by atoms with E-state index in [4.69, 9.17) is 9.05 Å². The van der Waals surface area contributed by atoms with Crippen molar-refractivity contribution in [1.29, 1.82) is 0 Å². The number of phosphoric ester groups is 1. The Kier molecular flexibility index (Phi) is 5.69. The number of para-hydroxylation sites is 2. The number of rotatable bonds is 4. The maximum Gasteiger partial charge on any atom is 2.00 e. The second kappa shape index (κ2) is 6.80. The van der Waals surface area contributed by atoms with Gasteiger partial charge in [-0.25, -0.2) is 4.57 Å². The summed E-state index contributed by atoms with van der Waals surface area (Å²) < 4.78 is 21.5. The van der Waals surface area contributed by atoms with E-state index in [2.05, 4.69) is 0 Å². The minimum atomic E-state index is -4.14. The molecule has 0 fully saturated rings. The molecular weight excluding hydrogens is 263 g/mol. The van der Waals surface area contributed by atoms with Gasteiger partial charge in [0.1, 0.15) is 11.5 Å². The van der Waals surface area contributed by atoms with E-state index in [9.17, 15) is 9.46 Å². The predicted octanol–water partition coefficient (Wildman–Crippen LogP) is 3.09. The molecule has 0 radical (unpaired) electrons. The summed E-state index contributed by atoms with van der Waals surface area (Å²) in [5.74, 6) is 0.573. The third-order valence-electron chi connectivity index (χ3n) is 1.93. The smallest absolute Gasteiger partial charge is 1.00 e. The number of hydrogen-bond donors (Lipinski definition) is 1. The Bertz CT molecular complexity index is 482. The number of benzene rings is 2. The molecule has 0 aliphatic rings. The fourth-order valence-corrected chi connectivity index (χ4v) is 2.06. The third-order valence-corrected chi connectivity index (χ3v) is 2.81. The normalized spacial score (nSPS) is 10.3. The largest absolute Gasteiger partial charge is 2.00 e. The van der Waals surface area contributed by atoms with Crippen molar-refractivity contribution in [2.24, 2.45) is 0 Å². The summed E-state index contributed by atoms with van der Waals surface area (Å²) in [5.41, 5.74) is 0. The second-order valence-electron chi connectivity index (χ2n) is 3.28. The number of hydrogen-bond acceptors (Lipinski definition) is 3. The van der Waals surface area contributed by atoms with Crippen molar-refractivity contribution < 1.29 is 21.4 Å². The van der Waals surface area contributed by atoms with Crippen LogP contribution in [0, 0.1) is 0 Å². The molecule has 0 heterocycles. The Hall–Kier alpha value is -1.00. The van der Waals surface area contributed by atoms with Crippen LogP contribution in [0.3, 0.4) is 0 Å². The maximum atomic E-state index is 11.7. The minimum Gasteiger partial charge on any atom is -1.00 e. The van der Waals surface area contributed by atoms with Gasteiger partial charge in [-0.2, -0.15) is 0 Å². The van der Waals surface area contributed by atoms with Crippen LogP contribution in [-0.2, 0) is 4.57 Å². The molecule has 0 saturated heterocycles. The van der Waals surface area contributed by atoms with Crippen LogP contribution in [-0.4, -0.2) is 27.9 Å². The molecular formula is C12H13MgO4P. The molecule has 0 spiro atoms. The molecule has 0 aliphatic heterocycles. The van der Waals surface area contributed by atoms with Crippen molar-refractivity contribution in [3.05, 3.63) is 60.7 Å². The molecule has 2 rings (SSSR count). The zero-order valence-electron chi connectivity index (χ0n) is 11.6. The molecule has 18 heavy (non-hydrogen) atoms. The van der Waals surface area contributed by atoms with Gasteiger partial charge in [0.05, 0.1) is 0 Å². The Labute approximate surface area is 124 Å². The van der Waals surface area contributed by atoms with Crippen LogP contribution in [0.15, 0.2) is 60.7 Å². The fraction of sp³-hybridized carbons (Fsp3) is 0. The average Bonchev–Trinajstić information content (AvgIpc) is 2.30. The zero-order valence-corrected chi connectivity index (χ0v) is 11.9. The molecule has 92 valence electrons. The first-order chi connectivity index (χ1) is 8.16. The standard InChI is InChI=1S/C12H11O4P.Mg.2H/c13-17(14,15-11-7-3-1-4-8-11)16-12-9-5-2-6-10-12;;;/h1-10H,(H,13,14);;;/q;+2;2*-1. The van der Waals surface area contributed by atoms with Crippen LogP contribution in [0.5, 0.6) is 11.5 Å². The fourth-order valence-electron chi connectivity index (χ4n) is 1.25. The average molecular weight is 277 g/mol. The van der Waals surface area contributed by atoms with Crippen molar-refractivity contribution in [3.63, 3.8) is 0 Å². The Morgan fingerprint density at radius 1 is 0.833 bits per heavy atom. The molecule has 4 nitrogen and oxygen atoms in total. The molecule has 2 aromatic rings. The Morgan fingerprint density at radius 3 is 1.50 bits per heavy atom. The van der Waals surface area contributed by atoms with Gasteiger partial charge in [0.25, 0.3) is 0 Å². The molecule has 0 saturated carbocycles. The summed E-state index contributed by atoms with van der Waals surface area (Å²) in [4.78, 5) is 9.53. The Morgan fingerprint density at radius 2 is 1.17 bits per heavy atom. The first-order valence-corrected chi connectivity index (χ1v) is 6.47. The summed E-state index contributed by atoms with van der Waals surface area (Å²) in [7, 11) is -4.14. The van der Waals surface area contributed by atoms with Gasteiger partial charge in [-0.1, -0.05) is 36.4 Å². The first-order valence-electron chi connectivity index (χ1n) is 4.98. The van der Waals surface area contributed by atoms with Crippen LogP contribution in [0.2, 0.25) is 0 Å². The van der Waals surface area contributed by atoms with Gasteiger partial charge >= 0.3 is 30.9 Å². The minimum absolute atomic E-state index is 0. The van der Waals surface area contributed by atoms with Crippen LogP contribution in [0.4, 0.5) is 0 Å². The monoisotopic (exact) mass is 276 g/mol. The van der Waals surface area contributed by atoms with E-state index in [-0.39, 0.29) is 37.4 Å². The van der Waals surface area contributed by atoms with Crippen molar-refractivity contribution in [2.75, 3.05) is 0 Å². The molecule has 0 amide bonds. The summed E-state index contributed by atoms with van der Waals surface area (Å²) in [6, 6.07) is 16.7. The van der Waals surface area contributed by atoms with Crippen molar-refractivity contribution >= 4 is 30.9 Å². The van der Waals surface area contributed by atoms with Gasteiger partial charge in [0, 0.05) is 0 Å². The van der Waals surface area contributed by atoms with E-state index < -0.39 is 7.82 Å². The number of phosphoric acid groups is 1. The quantitative estimate of drug-likeness (QED) is 0.689. The van der Waals surface area contributed by atoms with E-state index in [1.165, 1.54) is 0 Å². The topological polar surface area (TPSA) is 55.8 Å². The second-order valence-corrected chi connectivity index (χ2v) is 4.58. The third kappa shape index (κ3) is 4.70. The summed E-state index contributed by atoms with van der Waals surface area (Å²) >= 11 is 0. The maximum absolute atomic E-state index is 11.7. The predicted molar refractivity (Wildman–Crippen MR) is 71.9 cm³/mol. The van der Waals surface area contributed by atoms with E-state index in [1.807, 2.05) is 0 Å². The van der Waals surface area contributed by atoms with Gasteiger partial charge in [0.15, 0.2) is 0 Å². The van der Waals surface area contributed by atoms with Gasteiger partial charge in [0.2, 0.25) is 0 Å². The van der Waals surface area contributed by atoms with E-state index in [0.29, 0.717) is 0 Å². The van der Waals surface area contributed by atoms with Gasteiger partial charge in [-0.15, -0.1) is 0 Å². The Balaban J connectivity index is 0. The summed E-state index contributed by atoms with van der Waals surface area (Å²) in [6.07, 6.45) is 0. The summed E-state index contributed by atoms with van der Waals surface area (Å²) in [5, 5.41) is 0. The van der Waals surface area contributed by atoms with Gasteiger partial charge in [-0.3, -0.25) is 4.89 Å². The van der Waals surface area contributed by atoms with Crippen LogP contribution in [0.1, 0.15) is 2.85 Å². The van der Waals surface area contributed by atoms with Crippen molar-refractivity contribution in [2.45, 2.75) is 0 Å². The van der Waals surface area contributed by atoms with E-state index >= 15 is 0 Å². The molecule has 6 heteroatoms. The molecule has 0 bridgehead atoms. The molecule has 2 aromatic carbocycles. The van der Waals surface area contributed by atoms with Crippen LogP contribution in [0.25, 0.3) is 0 Å². The molecule has 0 aromatic heterocycles. The van der Waals surface area contributed by atoms with E-state index in [0.717, 1.165) is 0 Å². The molecule has 0 atom stereocenters. The van der Waals surface area contributed by atoms with E-state index in [1.54, 1.807) is 60.7 Å².